The Hall–Kier alpha value is -2.61. The molecule has 0 unspecified atom stereocenters. The van der Waals surface area contributed by atoms with Gasteiger partial charge in [0.15, 0.2) is 5.69 Å². The van der Waals surface area contributed by atoms with Crippen LogP contribution >= 0.6 is 0 Å². The minimum atomic E-state index is -0.108. The number of hydrogen-bond donors (Lipinski definition) is 2. The van der Waals surface area contributed by atoms with Crippen molar-refractivity contribution in [2.45, 2.75) is 63.2 Å². The molecule has 0 atom stereocenters. The van der Waals surface area contributed by atoms with Gasteiger partial charge in [-0.2, -0.15) is 0 Å². The van der Waals surface area contributed by atoms with Crippen LogP contribution in [-0.4, -0.2) is 47.2 Å². The van der Waals surface area contributed by atoms with Crippen molar-refractivity contribution in [2.24, 2.45) is 0 Å². The van der Waals surface area contributed by atoms with Crippen molar-refractivity contribution in [3.05, 3.63) is 35.7 Å². The summed E-state index contributed by atoms with van der Waals surface area (Å²) in [5.74, 6) is 1.50. The van der Waals surface area contributed by atoms with Gasteiger partial charge in [-0.25, -0.2) is 4.68 Å². The Kier molecular flexibility index (Phi) is 5.99. The van der Waals surface area contributed by atoms with E-state index in [-0.39, 0.29) is 5.91 Å². The Bertz CT molecular complexity index is 818. The molecule has 2 aromatic rings. The van der Waals surface area contributed by atoms with Gasteiger partial charge in [-0.3, -0.25) is 4.79 Å². The van der Waals surface area contributed by atoms with E-state index in [1.807, 2.05) is 22.9 Å². The highest BCUT2D eigenvalue weighted by molar-refractivity contribution is 5.92. The van der Waals surface area contributed by atoms with Crippen molar-refractivity contribution in [3.63, 3.8) is 0 Å². The number of methoxy groups -OCH3 is 2. The molecule has 4 rings (SSSR count). The van der Waals surface area contributed by atoms with Crippen LogP contribution in [0.3, 0.4) is 0 Å². The van der Waals surface area contributed by atoms with E-state index < -0.39 is 0 Å². The van der Waals surface area contributed by atoms with E-state index in [4.69, 9.17) is 9.47 Å². The fraction of sp³-hybridized carbons (Fsp3) is 0.571. The summed E-state index contributed by atoms with van der Waals surface area (Å²) in [7, 11) is 3.33. The summed E-state index contributed by atoms with van der Waals surface area (Å²) in [5, 5.41) is 14.9. The number of rotatable bonds is 8. The summed E-state index contributed by atoms with van der Waals surface area (Å²) >= 11 is 0. The summed E-state index contributed by atoms with van der Waals surface area (Å²) in [6, 6.07) is 7.05. The fourth-order valence-electron chi connectivity index (χ4n) is 3.82. The van der Waals surface area contributed by atoms with Gasteiger partial charge in [0.1, 0.15) is 11.5 Å². The van der Waals surface area contributed by atoms with Gasteiger partial charge in [-0.15, -0.1) is 5.10 Å². The van der Waals surface area contributed by atoms with Gasteiger partial charge in [-0.1, -0.05) is 5.21 Å². The molecule has 0 aliphatic heterocycles. The van der Waals surface area contributed by atoms with Crippen LogP contribution in [0.1, 0.15) is 60.6 Å². The quantitative estimate of drug-likeness (QED) is 0.709. The molecule has 8 heteroatoms. The van der Waals surface area contributed by atoms with Gasteiger partial charge in [0.05, 0.1) is 26.5 Å². The topological polar surface area (TPSA) is 90.3 Å². The first kappa shape index (κ1) is 19.7. The van der Waals surface area contributed by atoms with Crippen LogP contribution in [-0.2, 0) is 6.54 Å². The zero-order chi connectivity index (χ0) is 20.2. The first-order valence-electron chi connectivity index (χ1n) is 10.3. The molecule has 2 fully saturated rings. The van der Waals surface area contributed by atoms with Crippen LogP contribution in [0.25, 0.3) is 0 Å². The van der Waals surface area contributed by atoms with E-state index in [2.05, 4.69) is 20.9 Å². The Balaban J connectivity index is 1.26. The van der Waals surface area contributed by atoms with Crippen molar-refractivity contribution in [1.29, 1.82) is 0 Å². The minimum Gasteiger partial charge on any atom is -0.497 e. The van der Waals surface area contributed by atoms with Gasteiger partial charge in [0.25, 0.3) is 5.91 Å². The number of nitrogens with one attached hydrogen (secondary N) is 2. The summed E-state index contributed by atoms with van der Waals surface area (Å²) < 4.78 is 12.6. The maximum Gasteiger partial charge on any atom is 0.273 e. The lowest BCUT2D eigenvalue weighted by Gasteiger charge is -2.29. The van der Waals surface area contributed by atoms with Crippen molar-refractivity contribution in [2.75, 3.05) is 14.2 Å². The number of hydrogen-bond acceptors (Lipinski definition) is 6. The lowest BCUT2D eigenvalue weighted by atomic mass is 9.91. The minimum absolute atomic E-state index is 0.108. The molecule has 0 saturated heterocycles. The summed E-state index contributed by atoms with van der Waals surface area (Å²) in [4.78, 5) is 12.1. The number of nitrogens with zero attached hydrogens (tertiary/aromatic N) is 3. The predicted octanol–water partition coefficient (Wildman–Crippen LogP) is 2.46. The largest absolute Gasteiger partial charge is 0.497 e. The number of benzene rings is 1. The lowest BCUT2D eigenvalue weighted by Crippen LogP contribution is -2.33. The average molecular weight is 399 g/mol. The molecule has 1 heterocycles. The first-order valence-corrected chi connectivity index (χ1v) is 10.3. The molecule has 8 nitrogen and oxygen atoms in total. The summed E-state index contributed by atoms with van der Waals surface area (Å²) in [6.07, 6.45) is 8.10. The standard InChI is InChI=1S/C21H29N5O3/c1-28-18-9-14(10-19(11-18)29-2)12-22-15-5-7-17(8-6-15)26-13-20(24-25-26)21(27)23-16-3-4-16/h9-11,13,15-17,22H,3-8,12H2,1-2H3,(H,23,27). The molecule has 1 aromatic carbocycles. The van der Waals surface area contributed by atoms with Gasteiger partial charge >= 0.3 is 0 Å². The van der Waals surface area contributed by atoms with E-state index >= 15 is 0 Å². The third kappa shape index (κ3) is 5.06. The Morgan fingerprint density at radius 3 is 2.31 bits per heavy atom. The van der Waals surface area contributed by atoms with Gasteiger partial charge < -0.3 is 20.1 Å². The van der Waals surface area contributed by atoms with E-state index in [1.54, 1.807) is 20.4 Å². The van der Waals surface area contributed by atoms with Gasteiger partial charge in [-0.05, 0) is 56.2 Å². The fourth-order valence-corrected chi connectivity index (χ4v) is 3.82. The molecule has 0 radical (unpaired) electrons. The Labute approximate surface area is 171 Å². The second-order valence-electron chi connectivity index (χ2n) is 7.94. The number of carbonyl (C=O) groups is 1. The van der Waals surface area contributed by atoms with Crippen LogP contribution in [0.4, 0.5) is 0 Å². The summed E-state index contributed by atoms with van der Waals surface area (Å²) in [6.45, 7) is 0.776. The van der Waals surface area contributed by atoms with Crippen molar-refractivity contribution >= 4 is 5.91 Å². The molecular formula is C21H29N5O3. The number of aromatic nitrogens is 3. The molecule has 2 N–H and O–H groups in total. The monoisotopic (exact) mass is 399 g/mol. The molecule has 1 aromatic heterocycles. The SMILES string of the molecule is COc1cc(CNC2CCC(n3cc(C(=O)NC4CC4)nn3)CC2)cc(OC)c1. The van der Waals surface area contributed by atoms with Gasteiger partial charge in [0, 0.05) is 24.7 Å². The van der Waals surface area contributed by atoms with Crippen LogP contribution in [0, 0.1) is 0 Å². The number of carbonyl (C=O) groups excluding carboxylic acids is 1. The molecule has 29 heavy (non-hydrogen) atoms. The Morgan fingerprint density at radius 2 is 1.69 bits per heavy atom. The predicted molar refractivity (Wildman–Crippen MR) is 108 cm³/mol. The van der Waals surface area contributed by atoms with E-state index in [0.717, 1.165) is 62.1 Å². The van der Waals surface area contributed by atoms with Crippen LogP contribution in [0.2, 0.25) is 0 Å². The maximum atomic E-state index is 12.1. The Morgan fingerprint density at radius 1 is 1.03 bits per heavy atom. The van der Waals surface area contributed by atoms with Crippen LogP contribution in [0.15, 0.2) is 24.4 Å². The molecule has 156 valence electrons. The third-order valence-electron chi connectivity index (χ3n) is 5.73. The molecule has 0 bridgehead atoms. The lowest BCUT2D eigenvalue weighted by molar-refractivity contribution is 0.0946. The van der Waals surface area contributed by atoms with Gasteiger partial charge in [0.2, 0.25) is 0 Å². The summed E-state index contributed by atoms with van der Waals surface area (Å²) in [5.41, 5.74) is 1.56. The van der Waals surface area contributed by atoms with Crippen molar-refractivity contribution in [1.82, 2.24) is 25.6 Å². The average Bonchev–Trinajstić information content (AvgIpc) is 3.43. The highest BCUT2D eigenvalue weighted by Crippen LogP contribution is 2.29. The molecule has 2 aliphatic carbocycles. The van der Waals surface area contributed by atoms with Crippen LogP contribution in [0.5, 0.6) is 11.5 Å². The zero-order valence-corrected chi connectivity index (χ0v) is 17.1. The van der Waals surface area contributed by atoms with Crippen molar-refractivity contribution in [3.8, 4) is 11.5 Å². The third-order valence-corrected chi connectivity index (χ3v) is 5.73. The maximum absolute atomic E-state index is 12.1. The second-order valence-corrected chi connectivity index (χ2v) is 7.94. The first-order chi connectivity index (χ1) is 14.1. The highest BCUT2D eigenvalue weighted by atomic mass is 16.5. The smallest absolute Gasteiger partial charge is 0.273 e. The highest BCUT2D eigenvalue weighted by Gasteiger charge is 2.27. The number of amides is 1. The normalized spacial score (nSPS) is 21.6. The number of ether oxygens (including phenoxy) is 2. The molecule has 2 aliphatic rings. The second kappa shape index (κ2) is 8.82. The van der Waals surface area contributed by atoms with E-state index in [1.165, 1.54) is 0 Å². The zero-order valence-electron chi connectivity index (χ0n) is 17.1. The molecule has 1 amide bonds. The van der Waals surface area contributed by atoms with E-state index in [9.17, 15) is 4.79 Å². The van der Waals surface area contributed by atoms with Crippen molar-refractivity contribution < 1.29 is 14.3 Å². The van der Waals surface area contributed by atoms with E-state index in [0.29, 0.717) is 23.8 Å². The molecular weight excluding hydrogens is 370 g/mol. The molecule has 0 spiro atoms. The van der Waals surface area contributed by atoms with Crippen LogP contribution < -0.4 is 20.1 Å². The molecule has 2 saturated carbocycles.